The molecule has 23 heavy (non-hydrogen) atoms. The van der Waals surface area contributed by atoms with Gasteiger partial charge in [-0.15, -0.1) is 11.3 Å². The first-order chi connectivity index (χ1) is 11.0. The molecule has 1 aliphatic heterocycles. The molecule has 2 heterocycles. The van der Waals surface area contributed by atoms with Crippen LogP contribution in [0.5, 0.6) is 0 Å². The highest BCUT2D eigenvalue weighted by Gasteiger charge is 2.27. The fraction of sp³-hybridized carbons (Fsp3) is 0.688. The lowest BCUT2D eigenvalue weighted by molar-refractivity contribution is -0.136. The van der Waals surface area contributed by atoms with Gasteiger partial charge in [-0.3, -0.25) is 4.79 Å². The second-order valence-electron chi connectivity index (χ2n) is 6.00. The van der Waals surface area contributed by atoms with Crippen molar-refractivity contribution >= 4 is 23.3 Å². The summed E-state index contributed by atoms with van der Waals surface area (Å²) in [6.07, 6.45) is 6.03. The largest absolute Gasteiger partial charge is 0.338 e. The van der Waals surface area contributed by atoms with Gasteiger partial charge in [0.05, 0.1) is 6.54 Å². The summed E-state index contributed by atoms with van der Waals surface area (Å²) in [5, 5.41) is 6.36. The Kier molecular flexibility index (Phi) is 6.38. The molecule has 0 aliphatic carbocycles. The van der Waals surface area contributed by atoms with Gasteiger partial charge in [0.2, 0.25) is 5.91 Å². The molecule has 0 aromatic carbocycles. The SMILES string of the molecule is CCc1cnc(CNC(=O)N[C@@H](C)C(=O)N2CCCC[C@@H]2C)s1. The fourth-order valence-electron chi connectivity index (χ4n) is 2.73. The second-order valence-corrected chi connectivity index (χ2v) is 7.20. The van der Waals surface area contributed by atoms with Gasteiger partial charge >= 0.3 is 6.03 Å². The van der Waals surface area contributed by atoms with Crippen LogP contribution in [0.1, 0.15) is 49.9 Å². The van der Waals surface area contributed by atoms with Gasteiger partial charge in [0.15, 0.2) is 0 Å². The Morgan fingerprint density at radius 1 is 1.48 bits per heavy atom. The summed E-state index contributed by atoms with van der Waals surface area (Å²) in [5.41, 5.74) is 0. The van der Waals surface area contributed by atoms with E-state index in [4.69, 9.17) is 0 Å². The first kappa shape index (κ1) is 17.7. The number of piperidine rings is 1. The van der Waals surface area contributed by atoms with Gasteiger partial charge in [-0.2, -0.15) is 0 Å². The third-order valence-electron chi connectivity index (χ3n) is 4.15. The smallest absolute Gasteiger partial charge is 0.315 e. The van der Waals surface area contributed by atoms with Crippen LogP contribution >= 0.6 is 11.3 Å². The summed E-state index contributed by atoms with van der Waals surface area (Å²) < 4.78 is 0. The molecule has 0 radical (unpaired) electrons. The summed E-state index contributed by atoms with van der Waals surface area (Å²) in [5.74, 6) is -0.00475. The molecule has 0 spiro atoms. The van der Waals surface area contributed by atoms with Crippen LogP contribution in [0.15, 0.2) is 6.20 Å². The number of hydrogen-bond donors (Lipinski definition) is 2. The molecule has 0 unspecified atom stereocenters. The van der Waals surface area contributed by atoms with Crippen molar-refractivity contribution in [1.82, 2.24) is 20.5 Å². The molecule has 3 amide bonds. The Bertz CT molecular complexity index is 546. The van der Waals surface area contributed by atoms with E-state index < -0.39 is 6.04 Å². The molecule has 2 atom stereocenters. The zero-order valence-electron chi connectivity index (χ0n) is 14.1. The lowest BCUT2D eigenvalue weighted by Gasteiger charge is -2.35. The van der Waals surface area contributed by atoms with Gasteiger partial charge < -0.3 is 15.5 Å². The fourth-order valence-corrected chi connectivity index (χ4v) is 3.53. The predicted molar refractivity (Wildman–Crippen MR) is 91.4 cm³/mol. The van der Waals surface area contributed by atoms with Gasteiger partial charge in [0.25, 0.3) is 0 Å². The first-order valence-corrected chi connectivity index (χ1v) is 9.11. The van der Waals surface area contributed by atoms with Gasteiger partial charge in [0.1, 0.15) is 11.0 Å². The Morgan fingerprint density at radius 2 is 2.26 bits per heavy atom. The highest BCUT2D eigenvalue weighted by molar-refractivity contribution is 7.11. The Labute approximate surface area is 141 Å². The Hall–Kier alpha value is -1.63. The van der Waals surface area contributed by atoms with Crippen LogP contribution < -0.4 is 10.6 Å². The lowest BCUT2D eigenvalue weighted by Crippen LogP contribution is -2.53. The highest BCUT2D eigenvalue weighted by Crippen LogP contribution is 2.17. The third kappa shape index (κ3) is 4.92. The lowest BCUT2D eigenvalue weighted by atomic mass is 10.0. The number of amides is 3. The molecule has 1 aromatic heterocycles. The number of urea groups is 1. The molecule has 7 heteroatoms. The molecule has 2 N–H and O–H groups in total. The number of aryl methyl sites for hydroxylation is 1. The number of hydrogen-bond acceptors (Lipinski definition) is 4. The molecule has 6 nitrogen and oxygen atoms in total. The van der Waals surface area contributed by atoms with Crippen molar-refractivity contribution in [2.45, 2.75) is 65.1 Å². The van der Waals surface area contributed by atoms with Crippen molar-refractivity contribution in [3.63, 3.8) is 0 Å². The van der Waals surface area contributed by atoms with E-state index >= 15 is 0 Å². The maximum atomic E-state index is 12.4. The maximum absolute atomic E-state index is 12.4. The van der Waals surface area contributed by atoms with Gasteiger partial charge in [0, 0.05) is 23.7 Å². The summed E-state index contributed by atoms with van der Waals surface area (Å²) >= 11 is 1.59. The molecule has 2 rings (SSSR count). The third-order valence-corrected chi connectivity index (χ3v) is 5.30. The van der Waals surface area contributed by atoms with Gasteiger partial charge in [-0.1, -0.05) is 6.92 Å². The van der Waals surface area contributed by atoms with Crippen LogP contribution in [0.25, 0.3) is 0 Å². The topological polar surface area (TPSA) is 74.3 Å². The summed E-state index contributed by atoms with van der Waals surface area (Å²) in [6, 6.07) is -0.590. The highest BCUT2D eigenvalue weighted by atomic mass is 32.1. The summed E-state index contributed by atoms with van der Waals surface area (Å²) in [7, 11) is 0. The van der Waals surface area contributed by atoms with E-state index in [1.54, 1.807) is 18.3 Å². The number of aromatic nitrogens is 1. The number of thiazole rings is 1. The molecular weight excluding hydrogens is 312 g/mol. The Morgan fingerprint density at radius 3 is 2.91 bits per heavy atom. The van der Waals surface area contributed by atoms with Crippen molar-refractivity contribution in [2.24, 2.45) is 0 Å². The average molecular weight is 338 g/mol. The van der Waals surface area contributed by atoms with Crippen LogP contribution in [-0.4, -0.2) is 40.5 Å². The number of nitrogens with one attached hydrogen (secondary N) is 2. The van der Waals surface area contributed by atoms with E-state index in [1.807, 2.05) is 11.1 Å². The summed E-state index contributed by atoms with van der Waals surface area (Å²) in [4.78, 5) is 31.7. The number of likely N-dealkylation sites (tertiary alicyclic amines) is 1. The van der Waals surface area contributed by atoms with Gasteiger partial charge in [-0.05, 0) is 39.5 Å². The molecule has 0 bridgehead atoms. The number of nitrogens with zero attached hydrogens (tertiary/aromatic N) is 2. The molecule has 128 valence electrons. The minimum absolute atomic E-state index is 0.00475. The number of rotatable bonds is 5. The minimum Gasteiger partial charge on any atom is -0.338 e. The molecule has 1 saturated heterocycles. The van der Waals surface area contributed by atoms with Crippen LogP contribution in [0.4, 0.5) is 4.79 Å². The summed E-state index contributed by atoms with van der Waals surface area (Å²) in [6.45, 7) is 7.05. The number of carbonyl (C=O) groups excluding carboxylic acids is 2. The molecule has 0 saturated carbocycles. The van der Waals surface area contributed by atoms with Crippen molar-refractivity contribution in [2.75, 3.05) is 6.54 Å². The average Bonchev–Trinajstić information content (AvgIpc) is 3.01. The quantitative estimate of drug-likeness (QED) is 0.865. The van der Waals surface area contributed by atoms with E-state index in [0.29, 0.717) is 6.54 Å². The Balaban J connectivity index is 1.78. The molecule has 1 aromatic rings. The predicted octanol–water partition coefficient (Wildman–Crippen LogP) is 2.29. The number of carbonyl (C=O) groups is 2. The zero-order valence-corrected chi connectivity index (χ0v) is 14.9. The van der Waals surface area contributed by atoms with E-state index in [0.717, 1.165) is 30.8 Å². The standard InChI is InChI=1S/C16H26N4O2S/c1-4-13-9-17-14(23-13)10-18-16(22)19-12(3)15(21)20-8-6-5-7-11(20)2/h9,11-12H,4-8,10H2,1-3H3,(H2,18,19,22)/t11-,12-/m0/s1. The van der Waals surface area contributed by atoms with Crippen LogP contribution in [0.2, 0.25) is 0 Å². The molecule has 1 aliphatic rings. The van der Waals surface area contributed by atoms with Crippen molar-refractivity contribution in [1.29, 1.82) is 0 Å². The van der Waals surface area contributed by atoms with Crippen molar-refractivity contribution in [3.05, 3.63) is 16.1 Å². The first-order valence-electron chi connectivity index (χ1n) is 8.29. The molecular formula is C16H26N4O2S. The minimum atomic E-state index is -0.516. The van der Waals surface area contributed by atoms with Crippen LogP contribution in [0.3, 0.4) is 0 Å². The van der Waals surface area contributed by atoms with Crippen LogP contribution in [-0.2, 0) is 17.8 Å². The van der Waals surface area contributed by atoms with Gasteiger partial charge in [-0.25, -0.2) is 9.78 Å². The van der Waals surface area contributed by atoms with Crippen LogP contribution in [0, 0.1) is 0 Å². The van der Waals surface area contributed by atoms with E-state index in [-0.39, 0.29) is 18.0 Å². The normalized spacial score (nSPS) is 19.3. The molecule has 1 fully saturated rings. The maximum Gasteiger partial charge on any atom is 0.315 e. The monoisotopic (exact) mass is 338 g/mol. The van der Waals surface area contributed by atoms with Crippen molar-refractivity contribution < 1.29 is 9.59 Å². The van der Waals surface area contributed by atoms with Crippen molar-refractivity contribution in [3.8, 4) is 0 Å². The zero-order chi connectivity index (χ0) is 16.8. The van der Waals surface area contributed by atoms with E-state index in [1.165, 1.54) is 11.3 Å². The van der Waals surface area contributed by atoms with E-state index in [9.17, 15) is 9.59 Å². The van der Waals surface area contributed by atoms with E-state index in [2.05, 4.69) is 29.5 Å². The second kappa shape index (κ2) is 8.29.